The van der Waals surface area contributed by atoms with Gasteiger partial charge in [-0.25, -0.2) is 9.36 Å². The maximum Gasteiger partial charge on any atom is 0.337 e. The minimum absolute atomic E-state index is 0.00794. The van der Waals surface area contributed by atoms with Crippen molar-refractivity contribution in [3.8, 4) is 11.4 Å². The summed E-state index contributed by atoms with van der Waals surface area (Å²) in [7, 11) is 1.60. The van der Waals surface area contributed by atoms with Crippen LogP contribution in [0.1, 0.15) is 22.9 Å². The monoisotopic (exact) mass is 461 g/mol. The van der Waals surface area contributed by atoms with E-state index in [-0.39, 0.29) is 17.2 Å². The van der Waals surface area contributed by atoms with Crippen molar-refractivity contribution in [1.29, 1.82) is 0 Å². The highest BCUT2D eigenvalue weighted by atomic mass is 32.1. The number of carbonyl (C=O) groups excluding carboxylic acids is 1. The van der Waals surface area contributed by atoms with Gasteiger partial charge in [0, 0.05) is 18.3 Å². The minimum Gasteiger partial charge on any atom is -0.497 e. The number of carbonyl (C=O) groups is 1. The van der Waals surface area contributed by atoms with E-state index in [1.807, 2.05) is 42.5 Å². The van der Waals surface area contributed by atoms with E-state index in [9.17, 15) is 14.4 Å². The lowest BCUT2D eigenvalue weighted by Gasteiger charge is -2.25. The standard InChI is InChI=1S/C25H23N3O4S/c1-16(29)26-12-11-20-21(15-26)33-24-22(20)23(30)28(18-8-4-3-5-9-18)25(31)27(24)14-17-7-6-10-19(13-17)32-2/h3-10,13H,11-12,14-15H2,1-2H3. The van der Waals surface area contributed by atoms with Crippen LogP contribution in [0, 0.1) is 0 Å². The fraction of sp³-hybridized carbons (Fsp3) is 0.240. The molecule has 0 spiro atoms. The molecule has 0 saturated carbocycles. The Bertz CT molecular complexity index is 1480. The predicted octanol–water partition coefficient (Wildman–Crippen LogP) is 3.18. The number of amides is 1. The number of thiophene rings is 1. The molecule has 3 heterocycles. The summed E-state index contributed by atoms with van der Waals surface area (Å²) in [5, 5.41) is 0.574. The van der Waals surface area contributed by atoms with Gasteiger partial charge in [-0.3, -0.25) is 14.2 Å². The lowest BCUT2D eigenvalue weighted by molar-refractivity contribution is -0.129. The van der Waals surface area contributed by atoms with E-state index in [1.165, 1.54) is 15.9 Å². The van der Waals surface area contributed by atoms with Gasteiger partial charge in [0.1, 0.15) is 10.6 Å². The van der Waals surface area contributed by atoms with Gasteiger partial charge in [-0.1, -0.05) is 30.3 Å². The highest BCUT2D eigenvalue weighted by molar-refractivity contribution is 7.18. The second-order valence-corrected chi connectivity index (χ2v) is 9.15. The fourth-order valence-electron chi connectivity index (χ4n) is 4.37. The van der Waals surface area contributed by atoms with Gasteiger partial charge in [0.25, 0.3) is 5.56 Å². The second kappa shape index (κ2) is 8.37. The molecule has 168 valence electrons. The Hall–Kier alpha value is -3.65. The van der Waals surface area contributed by atoms with Crippen molar-refractivity contribution in [2.45, 2.75) is 26.4 Å². The zero-order valence-electron chi connectivity index (χ0n) is 18.4. The molecule has 7 nitrogen and oxygen atoms in total. The van der Waals surface area contributed by atoms with E-state index in [0.29, 0.717) is 47.7 Å². The molecule has 0 fully saturated rings. The summed E-state index contributed by atoms with van der Waals surface area (Å²) in [6.45, 7) is 2.88. The zero-order chi connectivity index (χ0) is 23.1. The maximum atomic E-state index is 13.7. The van der Waals surface area contributed by atoms with Crippen molar-refractivity contribution in [2.24, 2.45) is 0 Å². The smallest absolute Gasteiger partial charge is 0.337 e. The zero-order valence-corrected chi connectivity index (χ0v) is 19.2. The lowest BCUT2D eigenvalue weighted by Crippen LogP contribution is -2.39. The number of ether oxygens (including phenoxy) is 1. The van der Waals surface area contributed by atoms with Crippen LogP contribution in [0.2, 0.25) is 0 Å². The van der Waals surface area contributed by atoms with E-state index in [2.05, 4.69) is 0 Å². The summed E-state index contributed by atoms with van der Waals surface area (Å²) < 4.78 is 8.27. The van der Waals surface area contributed by atoms with Gasteiger partial charge in [-0.15, -0.1) is 11.3 Å². The number of hydrogen-bond donors (Lipinski definition) is 0. The molecule has 1 aliphatic rings. The second-order valence-electron chi connectivity index (χ2n) is 8.07. The highest BCUT2D eigenvalue weighted by Crippen LogP contribution is 2.33. The van der Waals surface area contributed by atoms with Gasteiger partial charge in [-0.2, -0.15) is 0 Å². The van der Waals surface area contributed by atoms with Crippen molar-refractivity contribution >= 4 is 27.5 Å². The number of rotatable bonds is 4. The molecule has 8 heteroatoms. The Morgan fingerprint density at radius 3 is 2.61 bits per heavy atom. The third kappa shape index (κ3) is 3.66. The van der Waals surface area contributed by atoms with Crippen LogP contribution in [0.5, 0.6) is 5.75 Å². The highest BCUT2D eigenvalue weighted by Gasteiger charge is 2.27. The number of methoxy groups -OCH3 is 1. The summed E-state index contributed by atoms with van der Waals surface area (Å²) in [5.74, 6) is 0.712. The molecule has 1 amide bonds. The Balaban J connectivity index is 1.78. The third-order valence-corrected chi connectivity index (χ3v) is 7.30. The first kappa shape index (κ1) is 21.2. The van der Waals surface area contributed by atoms with Crippen LogP contribution in [0.25, 0.3) is 15.9 Å². The van der Waals surface area contributed by atoms with Gasteiger partial charge in [0.2, 0.25) is 5.91 Å². The molecule has 2 aromatic carbocycles. The van der Waals surface area contributed by atoms with Crippen molar-refractivity contribution in [3.63, 3.8) is 0 Å². The van der Waals surface area contributed by atoms with Crippen molar-refractivity contribution in [2.75, 3.05) is 13.7 Å². The molecule has 0 aliphatic carbocycles. The van der Waals surface area contributed by atoms with Crippen molar-refractivity contribution < 1.29 is 9.53 Å². The summed E-state index contributed by atoms with van der Waals surface area (Å²) in [6.07, 6.45) is 0.594. The normalized spacial score (nSPS) is 13.2. The maximum absolute atomic E-state index is 13.7. The van der Waals surface area contributed by atoms with Crippen molar-refractivity contribution in [1.82, 2.24) is 14.0 Å². The van der Waals surface area contributed by atoms with E-state index in [1.54, 1.807) is 35.6 Å². The molecule has 0 unspecified atom stereocenters. The molecule has 0 N–H and O–H groups in total. The summed E-state index contributed by atoms with van der Waals surface area (Å²) in [5.41, 5.74) is 1.68. The number of hydrogen-bond acceptors (Lipinski definition) is 5. The van der Waals surface area contributed by atoms with Gasteiger partial charge < -0.3 is 9.64 Å². The van der Waals surface area contributed by atoms with Gasteiger partial charge >= 0.3 is 5.69 Å². The SMILES string of the molecule is COc1cccc(Cn2c(=O)n(-c3ccccc3)c(=O)c3c4c(sc32)CN(C(C)=O)CC4)c1. The molecule has 0 atom stereocenters. The molecule has 33 heavy (non-hydrogen) atoms. The molecule has 0 saturated heterocycles. The van der Waals surface area contributed by atoms with Crippen LogP contribution in [-0.4, -0.2) is 33.6 Å². The summed E-state index contributed by atoms with van der Waals surface area (Å²) in [6, 6.07) is 16.6. The van der Waals surface area contributed by atoms with Crippen LogP contribution in [0.4, 0.5) is 0 Å². The molecule has 0 radical (unpaired) electrons. The molecule has 2 aromatic heterocycles. The predicted molar refractivity (Wildman–Crippen MR) is 129 cm³/mol. The van der Waals surface area contributed by atoms with Crippen LogP contribution in [0.15, 0.2) is 64.2 Å². The largest absolute Gasteiger partial charge is 0.497 e. The average Bonchev–Trinajstić information content (AvgIpc) is 3.21. The lowest BCUT2D eigenvalue weighted by atomic mass is 10.1. The quantitative estimate of drug-likeness (QED) is 0.468. The topological polar surface area (TPSA) is 73.5 Å². The average molecular weight is 462 g/mol. The number of para-hydroxylation sites is 1. The van der Waals surface area contributed by atoms with Gasteiger partial charge in [0.15, 0.2) is 0 Å². The van der Waals surface area contributed by atoms with E-state index in [4.69, 9.17) is 4.74 Å². The van der Waals surface area contributed by atoms with E-state index in [0.717, 1.165) is 16.0 Å². The Labute approximate surface area is 194 Å². The first-order chi connectivity index (χ1) is 16.0. The Morgan fingerprint density at radius 2 is 1.88 bits per heavy atom. The molecule has 1 aliphatic heterocycles. The number of nitrogens with zero attached hydrogens (tertiary/aromatic N) is 3. The first-order valence-electron chi connectivity index (χ1n) is 10.7. The molecular weight excluding hydrogens is 438 g/mol. The molecule has 5 rings (SSSR count). The van der Waals surface area contributed by atoms with Crippen LogP contribution >= 0.6 is 11.3 Å². The molecular formula is C25H23N3O4S. The number of aromatic nitrogens is 2. The van der Waals surface area contributed by atoms with Crippen LogP contribution < -0.4 is 16.0 Å². The van der Waals surface area contributed by atoms with E-state index >= 15 is 0 Å². The van der Waals surface area contributed by atoms with Gasteiger partial charge in [0.05, 0.1) is 31.3 Å². The van der Waals surface area contributed by atoms with Crippen LogP contribution in [-0.2, 0) is 24.3 Å². The first-order valence-corrected chi connectivity index (χ1v) is 11.5. The third-order valence-electron chi connectivity index (χ3n) is 6.06. The molecule has 4 aromatic rings. The summed E-state index contributed by atoms with van der Waals surface area (Å²) >= 11 is 1.43. The van der Waals surface area contributed by atoms with Crippen LogP contribution in [0.3, 0.4) is 0 Å². The Morgan fingerprint density at radius 1 is 1.09 bits per heavy atom. The van der Waals surface area contributed by atoms with E-state index < -0.39 is 0 Å². The number of benzene rings is 2. The fourth-order valence-corrected chi connectivity index (χ4v) is 5.72. The number of fused-ring (bicyclic) bond motifs is 3. The Kier molecular flexibility index (Phi) is 5.38. The van der Waals surface area contributed by atoms with Gasteiger partial charge in [-0.05, 0) is 41.8 Å². The minimum atomic E-state index is -0.386. The summed E-state index contributed by atoms with van der Waals surface area (Å²) in [4.78, 5) is 42.7. The van der Waals surface area contributed by atoms with Crippen molar-refractivity contribution in [3.05, 3.63) is 91.4 Å². The molecule has 0 bridgehead atoms.